The average Bonchev–Trinajstić information content (AvgIpc) is 2.72. The minimum atomic E-state index is -3.87. The van der Waals surface area contributed by atoms with E-state index in [0.717, 1.165) is 6.07 Å². The number of nitro groups is 1. The number of benzene rings is 2. The zero-order valence-electron chi connectivity index (χ0n) is 15.3. The van der Waals surface area contributed by atoms with Crippen molar-refractivity contribution in [2.24, 2.45) is 5.10 Å². The first-order chi connectivity index (χ1) is 14.2. The van der Waals surface area contributed by atoms with Crippen molar-refractivity contribution >= 4 is 59.5 Å². The van der Waals surface area contributed by atoms with E-state index in [1.807, 2.05) is 0 Å². The van der Waals surface area contributed by atoms with Crippen LogP contribution in [0.4, 0.5) is 11.4 Å². The van der Waals surface area contributed by atoms with Crippen molar-refractivity contribution in [3.63, 3.8) is 0 Å². The number of morpholine rings is 1. The smallest absolute Gasteiger partial charge is 0.295 e. The molecule has 0 unspecified atom stereocenters. The molecule has 1 saturated heterocycles. The monoisotopic (exact) mass is 562 g/mol. The SMILES string of the molecule is O=[N+]([O-])c1cc(S(=O)(=O)N2CCOCC2)ccc1NN=Cc1cc(Br)cc(Br)c1O. The second-order valence-corrected chi connectivity index (χ2v) is 9.86. The summed E-state index contributed by atoms with van der Waals surface area (Å²) in [4.78, 5) is 10.6. The number of phenolic OH excluding ortho intramolecular Hbond substituents is 1. The summed E-state index contributed by atoms with van der Waals surface area (Å²) in [6.45, 7) is 0.917. The van der Waals surface area contributed by atoms with Gasteiger partial charge in [0.15, 0.2) is 0 Å². The molecule has 3 rings (SSSR count). The number of aromatic hydroxyl groups is 1. The van der Waals surface area contributed by atoms with E-state index in [0.29, 0.717) is 14.5 Å². The fourth-order valence-electron chi connectivity index (χ4n) is 2.71. The Bertz CT molecular complexity index is 1100. The zero-order valence-corrected chi connectivity index (χ0v) is 19.3. The highest BCUT2D eigenvalue weighted by Gasteiger charge is 2.28. The van der Waals surface area contributed by atoms with Crippen molar-refractivity contribution in [3.05, 3.63) is 55.0 Å². The molecule has 2 aromatic rings. The number of halogens is 2. The van der Waals surface area contributed by atoms with Gasteiger partial charge in [0.25, 0.3) is 5.69 Å². The largest absolute Gasteiger partial charge is 0.506 e. The predicted octanol–water partition coefficient (Wildman–Crippen LogP) is 3.29. The van der Waals surface area contributed by atoms with Crippen LogP contribution in [0, 0.1) is 10.1 Å². The van der Waals surface area contributed by atoms with E-state index in [1.54, 1.807) is 12.1 Å². The van der Waals surface area contributed by atoms with Crippen molar-refractivity contribution in [1.29, 1.82) is 0 Å². The molecule has 0 aromatic heterocycles. The van der Waals surface area contributed by atoms with Crippen LogP contribution in [0.5, 0.6) is 5.75 Å². The number of nitrogens with zero attached hydrogens (tertiary/aromatic N) is 3. The number of ether oxygens (including phenoxy) is 1. The first-order valence-electron chi connectivity index (χ1n) is 8.53. The maximum Gasteiger partial charge on any atom is 0.295 e. The first-order valence-corrected chi connectivity index (χ1v) is 11.6. The highest BCUT2D eigenvalue weighted by molar-refractivity contribution is 9.11. The number of hydrogen-bond donors (Lipinski definition) is 2. The van der Waals surface area contributed by atoms with Gasteiger partial charge >= 0.3 is 0 Å². The molecule has 0 spiro atoms. The Morgan fingerprint density at radius 3 is 2.60 bits per heavy atom. The molecule has 0 bridgehead atoms. The topological polar surface area (TPSA) is 134 Å². The van der Waals surface area contributed by atoms with Crippen molar-refractivity contribution < 1.29 is 23.2 Å². The summed E-state index contributed by atoms with van der Waals surface area (Å²) in [6, 6.07) is 6.81. The van der Waals surface area contributed by atoms with Gasteiger partial charge in [-0.2, -0.15) is 9.41 Å². The predicted molar refractivity (Wildman–Crippen MR) is 117 cm³/mol. The molecule has 2 aromatic carbocycles. The molecular formula is C17H16Br2N4O6S. The molecule has 1 aliphatic rings. The third-order valence-corrected chi connectivity index (χ3v) is 7.18. The first kappa shape index (κ1) is 22.6. The Morgan fingerprint density at radius 1 is 1.23 bits per heavy atom. The fourth-order valence-corrected chi connectivity index (χ4v) is 5.40. The quantitative estimate of drug-likeness (QED) is 0.313. The Hall–Kier alpha value is -2.06. The lowest BCUT2D eigenvalue weighted by atomic mass is 10.2. The Morgan fingerprint density at radius 2 is 1.93 bits per heavy atom. The van der Waals surface area contributed by atoms with Crippen LogP contribution in [0.3, 0.4) is 0 Å². The summed E-state index contributed by atoms with van der Waals surface area (Å²) in [7, 11) is -3.87. The number of nitrogens with one attached hydrogen (secondary N) is 1. The number of phenols is 1. The molecule has 2 N–H and O–H groups in total. The lowest BCUT2D eigenvalue weighted by Gasteiger charge is -2.26. The number of rotatable bonds is 6. The highest BCUT2D eigenvalue weighted by atomic mass is 79.9. The molecular weight excluding hydrogens is 548 g/mol. The van der Waals surface area contributed by atoms with Crippen molar-refractivity contribution in [3.8, 4) is 5.75 Å². The van der Waals surface area contributed by atoms with Crippen molar-refractivity contribution in [2.45, 2.75) is 4.90 Å². The van der Waals surface area contributed by atoms with Crippen LogP contribution in [0.1, 0.15) is 5.56 Å². The van der Waals surface area contributed by atoms with Gasteiger partial charge in [0.1, 0.15) is 11.4 Å². The van der Waals surface area contributed by atoms with Gasteiger partial charge in [-0.15, -0.1) is 0 Å². The molecule has 0 atom stereocenters. The minimum absolute atomic E-state index is 0.00531. The molecule has 1 aliphatic heterocycles. The lowest BCUT2D eigenvalue weighted by molar-refractivity contribution is -0.384. The Kier molecular flexibility index (Phi) is 7.08. The molecule has 0 aliphatic carbocycles. The van der Waals surface area contributed by atoms with E-state index in [2.05, 4.69) is 42.4 Å². The molecule has 1 fully saturated rings. The fraction of sp³-hybridized carbons (Fsp3) is 0.235. The zero-order chi connectivity index (χ0) is 21.9. The van der Waals surface area contributed by atoms with Crippen LogP contribution in [0.15, 0.2) is 49.3 Å². The van der Waals surface area contributed by atoms with Crippen LogP contribution < -0.4 is 5.43 Å². The molecule has 1 heterocycles. The Labute approximate surface area is 189 Å². The summed E-state index contributed by atoms with van der Waals surface area (Å²) in [6.07, 6.45) is 1.28. The molecule has 0 saturated carbocycles. The minimum Gasteiger partial charge on any atom is -0.506 e. The molecule has 160 valence electrons. The second kappa shape index (κ2) is 9.39. The summed E-state index contributed by atoms with van der Waals surface area (Å²) < 4.78 is 33.0. The maximum atomic E-state index is 12.7. The van der Waals surface area contributed by atoms with E-state index in [4.69, 9.17) is 4.74 Å². The van der Waals surface area contributed by atoms with Gasteiger partial charge in [-0.25, -0.2) is 8.42 Å². The van der Waals surface area contributed by atoms with Crippen LogP contribution in [0.25, 0.3) is 0 Å². The molecule has 13 heteroatoms. The van der Waals surface area contributed by atoms with Gasteiger partial charge in [0.05, 0.1) is 33.7 Å². The van der Waals surface area contributed by atoms with Gasteiger partial charge in [-0.05, 0) is 40.2 Å². The number of hydrogen-bond acceptors (Lipinski definition) is 8. The summed E-state index contributed by atoms with van der Waals surface area (Å²) in [5, 5.41) is 25.4. The van der Waals surface area contributed by atoms with Gasteiger partial charge < -0.3 is 9.84 Å². The second-order valence-electron chi connectivity index (χ2n) is 6.15. The van der Waals surface area contributed by atoms with E-state index < -0.39 is 20.6 Å². The molecule has 0 amide bonds. The van der Waals surface area contributed by atoms with Gasteiger partial charge in [-0.1, -0.05) is 15.9 Å². The van der Waals surface area contributed by atoms with Crippen LogP contribution >= 0.6 is 31.9 Å². The highest BCUT2D eigenvalue weighted by Crippen LogP contribution is 2.31. The third kappa shape index (κ3) is 4.98. The lowest BCUT2D eigenvalue weighted by Crippen LogP contribution is -2.40. The molecule has 30 heavy (non-hydrogen) atoms. The number of hydrazone groups is 1. The van der Waals surface area contributed by atoms with E-state index in [9.17, 15) is 23.6 Å². The van der Waals surface area contributed by atoms with E-state index in [1.165, 1.54) is 22.7 Å². The molecule has 0 radical (unpaired) electrons. The standard InChI is InChI=1S/C17H16Br2N4O6S/c18-12-7-11(17(24)14(19)8-12)10-20-21-15-2-1-13(9-16(15)23(25)26)30(27,28)22-3-5-29-6-4-22/h1-2,7-10,21,24H,3-6H2. The van der Waals surface area contributed by atoms with Crippen LogP contribution in [-0.4, -0.2) is 55.3 Å². The molecule has 10 nitrogen and oxygen atoms in total. The maximum absolute atomic E-state index is 12.7. The van der Waals surface area contributed by atoms with Gasteiger partial charge in [-0.3, -0.25) is 15.5 Å². The van der Waals surface area contributed by atoms with Crippen LogP contribution in [0.2, 0.25) is 0 Å². The van der Waals surface area contributed by atoms with Crippen LogP contribution in [-0.2, 0) is 14.8 Å². The number of sulfonamides is 1. The van der Waals surface area contributed by atoms with Gasteiger partial charge in [0, 0.05) is 29.2 Å². The third-order valence-electron chi connectivity index (χ3n) is 4.22. The van der Waals surface area contributed by atoms with Gasteiger partial charge in [0.2, 0.25) is 10.0 Å². The number of nitro benzene ring substituents is 1. The Balaban J connectivity index is 1.87. The number of anilines is 1. The normalized spacial score (nSPS) is 15.4. The van der Waals surface area contributed by atoms with E-state index >= 15 is 0 Å². The van der Waals surface area contributed by atoms with E-state index in [-0.39, 0.29) is 42.6 Å². The van der Waals surface area contributed by atoms with Crippen molar-refractivity contribution in [2.75, 3.05) is 31.7 Å². The summed E-state index contributed by atoms with van der Waals surface area (Å²) >= 11 is 6.50. The summed E-state index contributed by atoms with van der Waals surface area (Å²) in [5.74, 6) is -0.0507. The average molecular weight is 564 g/mol. The van der Waals surface area contributed by atoms with Crippen molar-refractivity contribution in [1.82, 2.24) is 4.31 Å². The summed E-state index contributed by atoms with van der Waals surface area (Å²) in [5.41, 5.74) is 2.45.